The molecule has 2 nitrogen and oxygen atoms in total. The van der Waals surface area contributed by atoms with Crippen molar-refractivity contribution < 1.29 is 9.90 Å². The fourth-order valence-electron chi connectivity index (χ4n) is 1.45. The Kier molecular flexibility index (Phi) is 4.34. The fourth-order valence-corrected chi connectivity index (χ4v) is 1.45. The van der Waals surface area contributed by atoms with E-state index in [-0.39, 0.29) is 11.7 Å². The molecule has 1 N–H and O–H groups in total. The summed E-state index contributed by atoms with van der Waals surface area (Å²) in [5.41, 5.74) is 0.117. The fraction of sp³-hybridized carbons (Fsp3) is 0.727. The highest BCUT2D eigenvalue weighted by Crippen LogP contribution is 2.23. The lowest BCUT2D eigenvalue weighted by molar-refractivity contribution is -0.116. The van der Waals surface area contributed by atoms with E-state index in [1.165, 1.54) is 0 Å². The first-order valence-corrected chi connectivity index (χ1v) is 4.67. The second-order valence-corrected chi connectivity index (χ2v) is 4.28. The van der Waals surface area contributed by atoms with E-state index < -0.39 is 5.60 Å². The van der Waals surface area contributed by atoms with Crippen LogP contribution in [0.1, 0.15) is 41.0 Å². The quantitative estimate of drug-likeness (QED) is 0.681. The second kappa shape index (κ2) is 4.56. The Morgan fingerprint density at radius 2 is 1.92 bits per heavy atom. The molecule has 0 radical (unpaired) electrons. The molecule has 0 aliphatic rings. The van der Waals surface area contributed by atoms with Gasteiger partial charge in [-0.15, -0.1) is 0 Å². The zero-order valence-electron chi connectivity index (χ0n) is 9.22. The molecule has 0 amide bonds. The highest BCUT2D eigenvalue weighted by molar-refractivity contribution is 5.77. The summed E-state index contributed by atoms with van der Waals surface area (Å²) in [4.78, 5) is 10.8. The average Bonchev–Trinajstić information content (AvgIpc) is 1.81. The normalized spacial score (nSPS) is 13.6. The molecule has 0 saturated carbocycles. The van der Waals surface area contributed by atoms with Gasteiger partial charge in [-0.1, -0.05) is 19.9 Å². The van der Waals surface area contributed by atoms with Crippen molar-refractivity contribution in [1.29, 1.82) is 0 Å². The van der Waals surface area contributed by atoms with Crippen LogP contribution >= 0.6 is 0 Å². The summed E-state index contributed by atoms with van der Waals surface area (Å²) in [6, 6.07) is 0. The van der Waals surface area contributed by atoms with Gasteiger partial charge in [0.25, 0.3) is 0 Å². The lowest BCUT2D eigenvalue weighted by atomic mass is 9.88. The van der Waals surface area contributed by atoms with E-state index in [1.807, 2.05) is 19.9 Å². The summed E-state index contributed by atoms with van der Waals surface area (Å²) in [6.07, 6.45) is 2.25. The van der Waals surface area contributed by atoms with Gasteiger partial charge in [0.05, 0.1) is 5.60 Å². The molecule has 0 aliphatic carbocycles. The number of Topliss-reactive ketones (excluding diaryl/α,β-unsaturated/α-hetero) is 1. The molecular weight excluding hydrogens is 164 g/mol. The molecule has 0 aromatic carbocycles. The minimum absolute atomic E-state index is 0.127. The molecule has 0 saturated heterocycles. The van der Waals surface area contributed by atoms with Crippen LogP contribution in [0.4, 0.5) is 0 Å². The van der Waals surface area contributed by atoms with Crippen molar-refractivity contribution in [1.82, 2.24) is 0 Å². The van der Waals surface area contributed by atoms with Crippen molar-refractivity contribution in [3.8, 4) is 0 Å². The van der Waals surface area contributed by atoms with Crippen LogP contribution in [-0.4, -0.2) is 16.5 Å². The Morgan fingerprint density at radius 3 is 2.15 bits per heavy atom. The minimum atomic E-state index is -0.816. The van der Waals surface area contributed by atoms with Crippen LogP contribution in [0.3, 0.4) is 0 Å². The Hall–Kier alpha value is -0.630. The molecule has 0 bridgehead atoms. The van der Waals surface area contributed by atoms with Gasteiger partial charge in [0.2, 0.25) is 0 Å². The highest BCUT2D eigenvalue weighted by atomic mass is 16.3. The van der Waals surface area contributed by atoms with Crippen LogP contribution in [0, 0.1) is 5.92 Å². The van der Waals surface area contributed by atoms with E-state index in [0.717, 1.165) is 5.57 Å². The number of ketones is 1. The number of carbonyl (C=O) groups is 1. The van der Waals surface area contributed by atoms with E-state index in [9.17, 15) is 9.90 Å². The summed E-state index contributed by atoms with van der Waals surface area (Å²) in [6.45, 7) is 9.09. The Morgan fingerprint density at radius 1 is 1.46 bits per heavy atom. The number of hydrogen-bond donors (Lipinski definition) is 1. The van der Waals surface area contributed by atoms with E-state index in [4.69, 9.17) is 0 Å². The summed E-state index contributed by atoms with van der Waals surface area (Å²) in [7, 11) is 0. The maximum Gasteiger partial charge on any atom is 0.133 e. The van der Waals surface area contributed by atoms with Gasteiger partial charge in [-0.25, -0.2) is 0 Å². The lowest BCUT2D eigenvalue weighted by Gasteiger charge is -2.25. The molecule has 0 aromatic heterocycles. The van der Waals surface area contributed by atoms with E-state index in [1.54, 1.807) is 20.8 Å². The zero-order valence-corrected chi connectivity index (χ0v) is 9.22. The second-order valence-electron chi connectivity index (χ2n) is 4.28. The third-order valence-electron chi connectivity index (χ3n) is 1.94. The van der Waals surface area contributed by atoms with Crippen LogP contribution in [0.2, 0.25) is 0 Å². The van der Waals surface area contributed by atoms with Gasteiger partial charge in [-0.2, -0.15) is 0 Å². The first-order chi connectivity index (χ1) is 5.75. The van der Waals surface area contributed by atoms with Crippen molar-refractivity contribution in [3.05, 3.63) is 11.6 Å². The summed E-state index contributed by atoms with van der Waals surface area (Å²) >= 11 is 0. The molecule has 2 heteroatoms. The van der Waals surface area contributed by atoms with Crippen LogP contribution < -0.4 is 0 Å². The zero-order chi connectivity index (χ0) is 10.6. The van der Waals surface area contributed by atoms with Gasteiger partial charge in [0, 0.05) is 6.42 Å². The molecule has 0 unspecified atom stereocenters. The number of rotatable bonds is 4. The number of aliphatic hydroxyl groups is 1. The maximum atomic E-state index is 10.8. The summed E-state index contributed by atoms with van der Waals surface area (Å²) < 4.78 is 0. The molecule has 0 spiro atoms. The molecule has 0 atom stereocenters. The maximum absolute atomic E-state index is 10.8. The summed E-state index contributed by atoms with van der Waals surface area (Å²) in [5.74, 6) is 0.404. The van der Waals surface area contributed by atoms with Crippen LogP contribution in [0.15, 0.2) is 11.6 Å². The van der Waals surface area contributed by atoms with Crippen molar-refractivity contribution in [2.45, 2.75) is 46.6 Å². The summed E-state index contributed by atoms with van der Waals surface area (Å²) in [5, 5.41) is 9.78. The van der Waals surface area contributed by atoms with Crippen molar-refractivity contribution >= 4 is 5.78 Å². The molecule has 0 aromatic rings. The van der Waals surface area contributed by atoms with Gasteiger partial charge in [-0.05, 0) is 32.3 Å². The Bertz CT molecular complexity index is 207. The highest BCUT2D eigenvalue weighted by Gasteiger charge is 2.21. The van der Waals surface area contributed by atoms with Crippen molar-refractivity contribution in [2.24, 2.45) is 5.92 Å². The Labute approximate surface area is 80.7 Å². The first kappa shape index (κ1) is 12.4. The van der Waals surface area contributed by atoms with Gasteiger partial charge in [0.1, 0.15) is 5.78 Å². The predicted octanol–water partition coefficient (Wildman–Crippen LogP) is 2.32. The number of hydrogen-bond acceptors (Lipinski definition) is 2. The van der Waals surface area contributed by atoms with Gasteiger partial charge >= 0.3 is 0 Å². The molecule has 76 valence electrons. The molecule has 13 heavy (non-hydrogen) atoms. The molecule has 0 fully saturated rings. The lowest BCUT2D eigenvalue weighted by Crippen LogP contribution is -2.25. The third kappa shape index (κ3) is 4.83. The van der Waals surface area contributed by atoms with Gasteiger partial charge in [0.15, 0.2) is 0 Å². The average molecular weight is 184 g/mol. The van der Waals surface area contributed by atoms with Crippen LogP contribution in [-0.2, 0) is 4.79 Å². The molecule has 0 aliphatic heterocycles. The smallest absolute Gasteiger partial charge is 0.133 e. The van der Waals surface area contributed by atoms with E-state index in [0.29, 0.717) is 6.42 Å². The first-order valence-electron chi connectivity index (χ1n) is 4.67. The minimum Gasteiger partial charge on any atom is -0.386 e. The Balaban J connectivity index is 4.62. The SMILES string of the molecule is CC(=O)C/C=C(\C(C)C)C(C)(C)O. The van der Waals surface area contributed by atoms with Gasteiger partial charge < -0.3 is 5.11 Å². The van der Waals surface area contributed by atoms with E-state index in [2.05, 4.69) is 0 Å². The van der Waals surface area contributed by atoms with Crippen LogP contribution in [0.5, 0.6) is 0 Å². The van der Waals surface area contributed by atoms with Crippen molar-refractivity contribution in [3.63, 3.8) is 0 Å². The van der Waals surface area contributed by atoms with Crippen molar-refractivity contribution in [2.75, 3.05) is 0 Å². The van der Waals surface area contributed by atoms with Crippen LogP contribution in [0.25, 0.3) is 0 Å². The van der Waals surface area contributed by atoms with E-state index >= 15 is 0 Å². The third-order valence-corrected chi connectivity index (χ3v) is 1.94. The standard InChI is InChI=1S/C11H20O2/c1-8(2)10(11(4,5)13)7-6-9(3)12/h7-8,13H,6H2,1-5H3/b10-7+. The monoisotopic (exact) mass is 184 g/mol. The largest absolute Gasteiger partial charge is 0.386 e. The molecular formula is C11H20O2. The topological polar surface area (TPSA) is 37.3 Å². The number of allylic oxidation sites excluding steroid dienone is 1. The van der Waals surface area contributed by atoms with Gasteiger partial charge in [-0.3, -0.25) is 4.79 Å². The predicted molar refractivity (Wildman–Crippen MR) is 54.5 cm³/mol. The number of carbonyl (C=O) groups excluding carboxylic acids is 1. The molecule has 0 rings (SSSR count). The molecule has 0 heterocycles.